The summed E-state index contributed by atoms with van der Waals surface area (Å²) in [5.41, 5.74) is 10.5. The first kappa shape index (κ1) is 36.5. The van der Waals surface area contributed by atoms with Crippen LogP contribution in [0.3, 0.4) is 0 Å². The van der Waals surface area contributed by atoms with E-state index >= 15 is 0 Å². The van der Waals surface area contributed by atoms with Crippen molar-refractivity contribution in [3.8, 4) is 0 Å². The summed E-state index contributed by atoms with van der Waals surface area (Å²) in [7, 11) is 0. The number of hydrogen-bond acceptors (Lipinski definition) is 0. The van der Waals surface area contributed by atoms with E-state index in [9.17, 15) is 0 Å². The van der Waals surface area contributed by atoms with Gasteiger partial charge >= 0.3 is 0 Å². The smallest absolute Gasteiger partial charge is 0.173 e. The van der Waals surface area contributed by atoms with E-state index in [1.807, 2.05) is 0 Å². The molecule has 6 heteroatoms. The standard InChI is InChI=1S/2C20H22N2.2BrH/c2*1-17-7-11-21(12-8-17)15-19-3-5-20(6-4-19)16-22-13-9-18(2)10-14-22;;/h2*3-14H,15-16H2,1-2H3;2*1H/q2*+2;;/p-2. The van der Waals surface area contributed by atoms with Crippen molar-refractivity contribution in [2.45, 2.75) is 53.9 Å². The van der Waals surface area contributed by atoms with E-state index in [-0.39, 0.29) is 34.0 Å². The normalized spacial score (nSPS) is 10.2. The molecular formula is C40H44Br2N4+2. The fourth-order valence-corrected chi connectivity index (χ4v) is 4.89. The highest BCUT2D eigenvalue weighted by Gasteiger charge is 2.07. The monoisotopic (exact) mass is 738 g/mol. The van der Waals surface area contributed by atoms with Crippen LogP contribution in [0.15, 0.2) is 147 Å². The van der Waals surface area contributed by atoms with Gasteiger partial charge in [0.1, 0.15) is 0 Å². The molecule has 0 bridgehead atoms. The first-order valence-electron chi connectivity index (χ1n) is 15.4. The summed E-state index contributed by atoms with van der Waals surface area (Å²) in [6.45, 7) is 12.1. The Labute approximate surface area is 295 Å². The second-order valence-electron chi connectivity index (χ2n) is 11.8. The molecule has 0 saturated carbocycles. The molecule has 0 radical (unpaired) electrons. The minimum Gasteiger partial charge on any atom is -1.00 e. The highest BCUT2D eigenvalue weighted by Crippen LogP contribution is 2.06. The van der Waals surface area contributed by atoms with E-state index in [2.05, 4.69) is 193 Å². The molecule has 0 aliphatic heterocycles. The molecule has 0 saturated heterocycles. The maximum Gasteiger partial charge on any atom is 0.173 e. The third-order valence-electron chi connectivity index (χ3n) is 7.74. The van der Waals surface area contributed by atoms with Crippen LogP contribution in [0.5, 0.6) is 0 Å². The van der Waals surface area contributed by atoms with Crippen molar-refractivity contribution >= 4 is 0 Å². The zero-order valence-electron chi connectivity index (χ0n) is 27.2. The molecule has 0 aliphatic carbocycles. The minimum absolute atomic E-state index is 0. The van der Waals surface area contributed by atoms with E-state index in [1.165, 1.54) is 44.5 Å². The predicted molar refractivity (Wildman–Crippen MR) is 175 cm³/mol. The summed E-state index contributed by atoms with van der Waals surface area (Å²) >= 11 is 0. The molecule has 4 nitrogen and oxygen atoms in total. The van der Waals surface area contributed by atoms with Gasteiger partial charge in [-0.25, -0.2) is 18.3 Å². The zero-order valence-corrected chi connectivity index (χ0v) is 30.4. The SMILES string of the molecule is Cc1cc[n+](Cc2ccc(C[n+]3ccc(C)cc3)cc2)cc1.Cc1cc[n+](Cc2ccc(C[n+]3ccc(C)cc3)cc2)cc1.[Br-].[Br-]. The van der Waals surface area contributed by atoms with Crippen molar-refractivity contribution in [3.05, 3.63) is 191 Å². The largest absolute Gasteiger partial charge is 1.00 e. The second kappa shape index (κ2) is 18.2. The van der Waals surface area contributed by atoms with Crippen LogP contribution in [-0.4, -0.2) is 0 Å². The third kappa shape index (κ3) is 11.7. The Kier molecular flexibility index (Phi) is 14.4. The molecule has 0 spiro atoms. The van der Waals surface area contributed by atoms with Gasteiger partial charge in [-0.05, 0) is 49.9 Å². The molecule has 4 heterocycles. The average molecular weight is 741 g/mol. The molecule has 6 aromatic rings. The number of aromatic nitrogens is 4. The van der Waals surface area contributed by atoms with E-state index in [0.29, 0.717) is 0 Å². The highest BCUT2D eigenvalue weighted by atomic mass is 79.9. The predicted octanol–water partition coefficient (Wildman–Crippen LogP) is -0.0419. The molecule has 46 heavy (non-hydrogen) atoms. The first-order valence-corrected chi connectivity index (χ1v) is 15.4. The minimum atomic E-state index is 0. The number of hydrogen-bond donors (Lipinski definition) is 0. The molecule has 0 unspecified atom stereocenters. The van der Waals surface area contributed by atoms with Crippen LogP contribution < -0.4 is 52.2 Å². The topological polar surface area (TPSA) is 15.5 Å². The molecule has 4 aromatic heterocycles. The van der Waals surface area contributed by atoms with Crippen LogP contribution in [0, 0.1) is 27.7 Å². The van der Waals surface area contributed by atoms with E-state index in [0.717, 1.165) is 26.2 Å². The van der Waals surface area contributed by atoms with Crippen molar-refractivity contribution in [3.63, 3.8) is 0 Å². The van der Waals surface area contributed by atoms with Gasteiger partial charge in [0, 0.05) is 70.8 Å². The Balaban J connectivity index is 0.000000240. The van der Waals surface area contributed by atoms with Gasteiger partial charge in [0.05, 0.1) is 0 Å². The van der Waals surface area contributed by atoms with E-state index < -0.39 is 0 Å². The Morgan fingerprint density at radius 3 is 0.587 bits per heavy atom. The van der Waals surface area contributed by atoms with Gasteiger partial charge in [0.2, 0.25) is 0 Å². The number of halogens is 2. The Morgan fingerprint density at radius 1 is 0.283 bits per heavy atom. The Bertz CT molecular complexity index is 1470. The van der Waals surface area contributed by atoms with Crippen molar-refractivity contribution in [1.82, 2.24) is 0 Å². The van der Waals surface area contributed by atoms with Gasteiger partial charge in [-0.1, -0.05) is 48.5 Å². The molecule has 0 fully saturated rings. The number of benzene rings is 2. The molecule has 0 aliphatic rings. The van der Waals surface area contributed by atoms with Gasteiger partial charge in [-0.3, -0.25) is 0 Å². The summed E-state index contributed by atoms with van der Waals surface area (Å²) in [5.74, 6) is 0. The van der Waals surface area contributed by atoms with Gasteiger partial charge in [0.15, 0.2) is 75.8 Å². The first-order chi connectivity index (χ1) is 21.4. The maximum absolute atomic E-state index is 2.22. The van der Waals surface area contributed by atoms with Crippen LogP contribution in [-0.2, 0) is 26.2 Å². The van der Waals surface area contributed by atoms with Gasteiger partial charge in [-0.15, -0.1) is 0 Å². The lowest BCUT2D eigenvalue weighted by Gasteiger charge is -2.01. The number of nitrogens with zero attached hydrogens (tertiary/aromatic N) is 4. The van der Waals surface area contributed by atoms with Crippen LogP contribution in [0.1, 0.15) is 44.5 Å². The lowest BCUT2D eigenvalue weighted by molar-refractivity contribution is -0.689. The second-order valence-corrected chi connectivity index (χ2v) is 11.8. The number of rotatable bonds is 8. The van der Waals surface area contributed by atoms with Crippen LogP contribution in [0.4, 0.5) is 0 Å². The van der Waals surface area contributed by atoms with Crippen molar-refractivity contribution < 1.29 is 52.2 Å². The summed E-state index contributed by atoms with van der Waals surface area (Å²) in [5, 5.41) is 0. The van der Waals surface area contributed by atoms with E-state index in [4.69, 9.17) is 0 Å². The molecule has 0 atom stereocenters. The van der Waals surface area contributed by atoms with E-state index in [1.54, 1.807) is 0 Å². The summed E-state index contributed by atoms with van der Waals surface area (Å²) in [6.07, 6.45) is 17.0. The van der Waals surface area contributed by atoms with Crippen LogP contribution in [0.25, 0.3) is 0 Å². The summed E-state index contributed by atoms with van der Waals surface area (Å²) in [4.78, 5) is 0. The fourth-order valence-electron chi connectivity index (χ4n) is 4.89. The lowest BCUT2D eigenvalue weighted by Crippen LogP contribution is -3.00. The van der Waals surface area contributed by atoms with Crippen molar-refractivity contribution in [2.24, 2.45) is 0 Å². The molecule has 6 rings (SSSR count). The maximum atomic E-state index is 2.22. The highest BCUT2D eigenvalue weighted by molar-refractivity contribution is 5.22. The number of pyridine rings is 4. The van der Waals surface area contributed by atoms with Crippen LogP contribution >= 0.6 is 0 Å². The van der Waals surface area contributed by atoms with Gasteiger partial charge in [0.25, 0.3) is 0 Å². The van der Waals surface area contributed by atoms with Gasteiger partial charge < -0.3 is 34.0 Å². The zero-order chi connectivity index (χ0) is 30.7. The summed E-state index contributed by atoms with van der Waals surface area (Å²) < 4.78 is 8.82. The molecule has 0 N–H and O–H groups in total. The Morgan fingerprint density at radius 2 is 0.435 bits per heavy atom. The van der Waals surface area contributed by atoms with Gasteiger partial charge in [-0.2, -0.15) is 0 Å². The molecule has 2 aromatic carbocycles. The lowest BCUT2D eigenvalue weighted by atomic mass is 10.1. The molecule has 236 valence electrons. The molecule has 0 amide bonds. The quantitative estimate of drug-likeness (QED) is 0.195. The van der Waals surface area contributed by atoms with Crippen molar-refractivity contribution in [2.75, 3.05) is 0 Å². The molecular weight excluding hydrogens is 696 g/mol. The Hall–Kier alpha value is -4.00. The van der Waals surface area contributed by atoms with Crippen molar-refractivity contribution in [1.29, 1.82) is 0 Å². The number of aryl methyl sites for hydroxylation is 4. The fraction of sp³-hybridized carbons (Fsp3) is 0.200. The summed E-state index contributed by atoms with van der Waals surface area (Å²) in [6, 6.07) is 34.9. The average Bonchev–Trinajstić information content (AvgIpc) is 3.04. The third-order valence-corrected chi connectivity index (χ3v) is 7.74. The van der Waals surface area contributed by atoms with Crippen LogP contribution in [0.2, 0.25) is 0 Å².